The van der Waals surface area contributed by atoms with E-state index < -0.39 is 0 Å². The molecular weight excluding hydrogens is 242 g/mol. The van der Waals surface area contributed by atoms with Crippen molar-refractivity contribution in [3.8, 4) is 0 Å². The smallest absolute Gasteiger partial charge is 0.102 e. The monoisotopic (exact) mass is 265 g/mol. The summed E-state index contributed by atoms with van der Waals surface area (Å²) in [5.74, 6) is 0. The second-order valence-electron chi connectivity index (χ2n) is 5.40. The van der Waals surface area contributed by atoms with Crippen molar-refractivity contribution in [2.24, 2.45) is 5.73 Å². The van der Waals surface area contributed by atoms with Gasteiger partial charge in [0.15, 0.2) is 0 Å². The fourth-order valence-corrected chi connectivity index (χ4v) is 3.05. The fraction of sp³-hybridized carbons (Fsp3) is 0.846. The zero-order valence-electron chi connectivity index (χ0n) is 11.4. The molecule has 0 bridgehead atoms. The molecule has 1 atom stereocenters. The first-order chi connectivity index (χ1) is 9.38. The molecule has 0 aromatic carbocycles. The van der Waals surface area contributed by atoms with Crippen molar-refractivity contribution >= 4 is 0 Å². The van der Waals surface area contributed by atoms with Gasteiger partial charge >= 0.3 is 0 Å². The van der Waals surface area contributed by atoms with E-state index in [9.17, 15) is 0 Å². The van der Waals surface area contributed by atoms with Crippen molar-refractivity contribution in [2.75, 3.05) is 26.2 Å². The number of rotatable bonds is 5. The third-order valence-electron chi connectivity index (χ3n) is 4.10. The molecule has 2 fully saturated rings. The topological polar surface area (TPSA) is 69.2 Å². The molecule has 2 aliphatic rings. The Kier molecular flexibility index (Phi) is 4.10. The van der Waals surface area contributed by atoms with Gasteiger partial charge in [-0.05, 0) is 38.8 Å². The number of nitrogens with two attached hydrogens (primary N) is 1. The average Bonchev–Trinajstić information content (AvgIpc) is 3.16. The van der Waals surface area contributed by atoms with Crippen LogP contribution in [0.4, 0.5) is 0 Å². The maximum absolute atomic E-state index is 5.78. The summed E-state index contributed by atoms with van der Waals surface area (Å²) in [5.41, 5.74) is 7.78. The summed E-state index contributed by atoms with van der Waals surface area (Å²) in [7, 11) is 0. The number of hydrogen-bond donors (Lipinski definition) is 1. The Labute approximate surface area is 113 Å². The van der Waals surface area contributed by atoms with E-state index in [0.717, 1.165) is 43.9 Å². The van der Waals surface area contributed by atoms with Crippen LogP contribution in [0.5, 0.6) is 0 Å². The van der Waals surface area contributed by atoms with Gasteiger partial charge in [-0.25, -0.2) is 4.68 Å². The first-order valence-electron chi connectivity index (χ1n) is 7.35. The fourth-order valence-electron chi connectivity index (χ4n) is 3.05. The molecule has 3 rings (SSSR count). The highest BCUT2D eigenvalue weighted by molar-refractivity contribution is 5.14. The molecular formula is C13H23N5O. The highest BCUT2D eigenvalue weighted by atomic mass is 16.5. The van der Waals surface area contributed by atoms with E-state index in [2.05, 4.69) is 15.2 Å². The predicted octanol–water partition coefficient (Wildman–Crippen LogP) is 0.684. The van der Waals surface area contributed by atoms with E-state index in [-0.39, 0.29) is 6.10 Å². The Hall–Kier alpha value is -0.980. The van der Waals surface area contributed by atoms with Crippen molar-refractivity contribution < 1.29 is 4.74 Å². The minimum absolute atomic E-state index is 0.145. The van der Waals surface area contributed by atoms with Crippen LogP contribution < -0.4 is 5.73 Å². The molecule has 1 aromatic rings. The molecule has 0 aliphatic carbocycles. The SMILES string of the molecule is NCc1nnn(CCN2CCCC2)c1C1CCCO1. The van der Waals surface area contributed by atoms with Gasteiger partial charge in [-0.1, -0.05) is 5.21 Å². The number of likely N-dealkylation sites (tertiary alicyclic amines) is 1. The van der Waals surface area contributed by atoms with Crippen LogP contribution in [0.15, 0.2) is 0 Å². The van der Waals surface area contributed by atoms with Crippen molar-refractivity contribution in [2.45, 2.75) is 44.9 Å². The van der Waals surface area contributed by atoms with E-state index in [1.165, 1.54) is 25.9 Å². The van der Waals surface area contributed by atoms with Gasteiger partial charge in [-0.2, -0.15) is 0 Å². The molecule has 19 heavy (non-hydrogen) atoms. The molecule has 6 heteroatoms. The van der Waals surface area contributed by atoms with Gasteiger partial charge in [0.25, 0.3) is 0 Å². The lowest BCUT2D eigenvalue weighted by atomic mass is 10.1. The summed E-state index contributed by atoms with van der Waals surface area (Å²) in [6.07, 6.45) is 4.97. The van der Waals surface area contributed by atoms with Gasteiger partial charge in [0.2, 0.25) is 0 Å². The van der Waals surface area contributed by atoms with Crippen LogP contribution in [0.3, 0.4) is 0 Å². The number of aromatic nitrogens is 3. The third-order valence-corrected chi connectivity index (χ3v) is 4.10. The normalized spacial score (nSPS) is 24.4. The van der Waals surface area contributed by atoms with Crippen LogP contribution in [-0.2, 0) is 17.8 Å². The Morgan fingerprint density at radius 1 is 1.21 bits per heavy atom. The molecule has 1 unspecified atom stereocenters. The van der Waals surface area contributed by atoms with Crippen LogP contribution >= 0.6 is 0 Å². The summed E-state index contributed by atoms with van der Waals surface area (Å²) in [5, 5.41) is 8.49. The van der Waals surface area contributed by atoms with Crippen LogP contribution in [0.1, 0.15) is 43.2 Å². The van der Waals surface area contributed by atoms with Crippen molar-refractivity contribution in [1.82, 2.24) is 19.9 Å². The summed E-state index contributed by atoms with van der Waals surface area (Å²) in [4.78, 5) is 2.49. The Morgan fingerprint density at radius 3 is 2.74 bits per heavy atom. The molecule has 6 nitrogen and oxygen atoms in total. The second-order valence-corrected chi connectivity index (χ2v) is 5.40. The van der Waals surface area contributed by atoms with Gasteiger partial charge in [-0.3, -0.25) is 0 Å². The molecule has 106 valence electrons. The molecule has 0 radical (unpaired) electrons. The first-order valence-corrected chi connectivity index (χ1v) is 7.35. The van der Waals surface area contributed by atoms with E-state index in [4.69, 9.17) is 10.5 Å². The van der Waals surface area contributed by atoms with Crippen LogP contribution in [0.2, 0.25) is 0 Å². The van der Waals surface area contributed by atoms with Crippen LogP contribution in [0.25, 0.3) is 0 Å². The van der Waals surface area contributed by atoms with E-state index in [1.807, 2.05) is 4.68 Å². The van der Waals surface area contributed by atoms with E-state index in [1.54, 1.807) is 0 Å². The molecule has 2 N–H and O–H groups in total. The van der Waals surface area contributed by atoms with Gasteiger partial charge in [-0.15, -0.1) is 5.10 Å². The zero-order valence-corrected chi connectivity index (χ0v) is 11.4. The Morgan fingerprint density at radius 2 is 2.05 bits per heavy atom. The van der Waals surface area contributed by atoms with Gasteiger partial charge < -0.3 is 15.4 Å². The lowest BCUT2D eigenvalue weighted by Gasteiger charge is -2.17. The largest absolute Gasteiger partial charge is 0.372 e. The summed E-state index contributed by atoms with van der Waals surface area (Å²) in [6.45, 7) is 5.65. The van der Waals surface area contributed by atoms with Gasteiger partial charge in [0, 0.05) is 19.7 Å². The zero-order chi connectivity index (χ0) is 13.1. The lowest BCUT2D eigenvalue weighted by Crippen LogP contribution is -2.25. The Balaban J connectivity index is 1.70. The maximum Gasteiger partial charge on any atom is 0.102 e. The number of nitrogens with zero attached hydrogens (tertiary/aromatic N) is 4. The molecule has 0 spiro atoms. The van der Waals surface area contributed by atoms with Crippen LogP contribution in [-0.4, -0.2) is 46.1 Å². The summed E-state index contributed by atoms with van der Waals surface area (Å²) >= 11 is 0. The third kappa shape index (κ3) is 2.80. The lowest BCUT2D eigenvalue weighted by molar-refractivity contribution is 0.103. The molecule has 1 aromatic heterocycles. The molecule has 0 amide bonds. The van der Waals surface area contributed by atoms with Crippen molar-refractivity contribution in [3.05, 3.63) is 11.4 Å². The molecule has 3 heterocycles. The second kappa shape index (κ2) is 5.98. The Bertz CT molecular complexity index is 407. The van der Waals surface area contributed by atoms with Crippen molar-refractivity contribution in [1.29, 1.82) is 0 Å². The van der Waals surface area contributed by atoms with E-state index in [0.29, 0.717) is 6.54 Å². The number of hydrogen-bond acceptors (Lipinski definition) is 5. The van der Waals surface area contributed by atoms with Crippen molar-refractivity contribution in [3.63, 3.8) is 0 Å². The van der Waals surface area contributed by atoms with E-state index >= 15 is 0 Å². The summed E-state index contributed by atoms with van der Waals surface area (Å²) < 4.78 is 7.79. The first kappa shape index (κ1) is 13.0. The predicted molar refractivity (Wildman–Crippen MR) is 71.5 cm³/mol. The van der Waals surface area contributed by atoms with Gasteiger partial charge in [0.1, 0.15) is 11.8 Å². The number of ether oxygens (including phenoxy) is 1. The highest BCUT2D eigenvalue weighted by Crippen LogP contribution is 2.29. The molecule has 2 aliphatic heterocycles. The minimum Gasteiger partial charge on any atom is -0.372 e. The summed E-state index contributed by atoms with van der Waals surface area (Å²) in [6, 6.07) is 0. The van der Waals surface area contributed by atoms with Crippen LogP contribution in [0, 0.1) is 0 Å². The maximum atomic E-state index is 5.78. The average molecular weight is 265 g/mol. The van der Waals surface area contributed by atoms with Gasteiger partial charge in [0.05, 0.1) is 12.2 Å². The molecule has 0 saturated carbocycles. The minimum atomic E-state index is 0.145. The molecule has 2 saturated heterocycles. The highest BCUT2D eigenvalue weighted by Gasteiger charge is 2.26. The standard InChI is InChI=1S/C13H23N5O/c14-10-11-13(12-4-3-9-19-12)18(16-15-11)8-7-17-5-1-2-6-17/h12H,1-10,14H2. The quantitative estimate of drug-likeness (QED) is 0.848.